The Bertz CT molecular complexity index is 1430. The van der Waals surface area contributed by atoms with Gasteiger partial charge in [0, 0.05) is 23.7 Å². The Morgan fingerprint density at radius 1 is 1.13 bits per heavy atom. The fourth-order valence-corrected chi connectivity index (χ4v) is 6.27. The van der Waals surface area contributed by atoms with Crippen molar-refractivity contribution in [2.45, 2.75) is 51.2 Å². The van der Waals surface area contributed by atoms with Crippen LogP contribution in [0.15, 0.2) is 42.6 Å². The van der Waals surface area contributed by atoms with Crippen molar-refractivity contribution in [1.29, 1.82) is 0 Å². The molecule has 6 nitrogen and oxygen atoms in total. The summed E-state index contributed by atoms with van der Waals surface area (Å²) in [6, 6.07) is 9.60. The topological polar surface area (TPSA) is 88.9 Å². The van der Waals surface area contributed by atoms with Crippen LogP contribution in [0, 0.1) is 36.3 Å². The number of carboxylic acid groups (broad SMARTS) is 1. The first-order valence-electron chi connectivity index (χ1n) is 12.9. The first-order valence-corrected chi connectivity index (χ1v) is 12.9. The maximum atomic E-state index is 14.8. The number of rotatable bonds is 8. The average molecular weight is 522 g/mol. The molecule has 3 aliphatic carbocycles. The predicted molar refractivity (Wildman–Crippen MR) is 135 cm³/mol. The van der Waals surface area contributed by atoms with Crippen LogP contribution in [0.3, 0.4) is 0 Å². The molecule has 198 valence electrons. The number of hydrogen-bond acceptors (Lipinski definition) is 5. The predicted octanol–water partition coefficient (Wildman–Crippen LogP) is 5.42. The van der Waals surface area contributed by atoms with Gasteiger partial charge in [-0.3, -0.25) is 4.79 Å². The molecular formula is C30H29F2NO5. The van der Waals surface area contributed by atoms with Gasteiger partial charge in [0.2, 0.25) is 5.88 Å². The minimum absolute atomic E-state index is 0.0351. The molecule has 0 aliphatic heterocycles. The summed E-state index contributed by atoms with van der Waals surface area (Å²) in [5, 5.41) is 19.1. The van der Waals surface area contributed by atoms with Crippen LogP contribution in [-0.2, 0) is 17.8 Å². The molecule has 0 saturated heterocycles. The van der Waals surface area contributed by atoms with E-state index in [4.69, 9.17) is 9.47 Å². The summed E-state index contributed by atoms with van der Waals surface area (Å²) in [6.07, 6.45) is 3.64. The van der Waals surface area contributed by atoms with Gasteiger partial charge in [0.05, 0.1) is 18.1 Å². The molecule has 0 bridgehead atoms. The monoisotopic (exact) mass is 521 g/mol. The number of carbonyl (C=O) groups is 1. The Kier molecular flexibility index (Phi) is 5.90. The number of aromatic nitrogens is 1. The van der Waals surface area contributed by atoms with E-state index < -0.39 is 23.2 Å². The van der Waals surface area contributed by atoms with Gasteiger partial charge in [-0.1, -0.05) is 6.07 Å². The number of hydrogen-bond donors (Lipinski definition) is 2. The lowest BCUT2D eigenvalue weighted by molar-refractivity contribution is -0.139. The van der Waals surface area contributed by atoms with Crippen molar-refractivity contribution in [3.05, 3.63) is 76.5 Å². The Hall–Kier alpha value is -3.52. The summed E-state index contributed by atoms with van der Waals surface area (Å²) in [5.74, 6) is -1.12. The van der Waals surface area contributed by atoms with Gasteiger partial charge in [0.15, 0.2) is 11.6 Å². The standard InChI is InChI=1S/C30H29F2NO5/c1-15-5-23(31)19(14-38-26-9-18-6-21-27(22(18)12-33-26)28(21)29(34)35)7-20(15)17-3-4-25(24(32)8-17)37-13-16-10-30(2,36)11-16/h3-5,7-9,12,16,21,27-28,36H,6,10-11,13-14H2,1-2H3,(H,34,35)/t16?,21-,27-,28+,30?/m1/s1. The molecule has 6 rings (SSSR count). The van der Waals surface area contributed by atoms with Gasteiger partial charge in [-0.2, -0.15) is 0 Å². The summed E-state index contributed by atoms with van der Waals surface area (Å²) in [5.41, 5.74) is 3.62. The van der Waals surface area contributed by atoms with Gasteiger partial charge < -0.3 is 19.7 Å². The van der Waals surface area contributed by atoms with Crippen LogP contribution >= 0.6 is 0 Å². The van der Waals surface area contributed by atoms with Crippen LogP contribution < -0.4 is 9.47 Å². The minimum Gasteiger partial charge on any atom is -0.490 e. The summed E-state index contributed by atoms with van der Waals surface area (Å²) in [4.78, 5) is 15.6. The molecule has 0 amide bonds. The van der Waals surface area contributed by atoms with E-state index in [2.05, 4.69) is 4.98 Å². The average Bonchev–Trinajstić information content (AvgIpc) is 3.44. The minimum atomic E-state index is -0.762. The summed E-state index contributed by atoms with van der Waals surface area (Å²) < 4.78 is 41.1. The second-order valence-electron chi connectivity index (χ2n) is 11.3. The zero-order chi connectivity index (χ0) is 26.8. The van der Waals surface area contributed by atoms with Crippen molar-refractivity contribution in [2.75, 3.05) is 6.61 Å². The van der Waals surface area contributed by atoms with E-state index in [0.29, 0.717) is 54.0 Å². The van der Waals surface area contributed by atoms with Gasteiger partial charge >= 0.3 is 5.97 Å². The van der Waals surface area contributed by atoms with E-state index in [9.17, 15) is 23.8 Å². The SMILES string of the molecule is Cc1cc(F)c(COc2cc3c(cn2)[C@H]2[C@@H](C3)[C@@H]2C(=O)O)cc1-c1ccc(OCC2CC(C)(O)C2)c(F)c1. The number of carboxylic acids is 1. The number of aryl methyl sites for hydroxylation is 1. The first kappa shape index (κ1) is 24.8. The Morgan fingerprint density at radius 3 is 2.63 bits per heavy atom. The van der Waals surface area contributed by atoms with Gasteiger partial charge in [-0.25, -0.2) is 13.8 Å². The number of halogens is 2. The fourth-order valence-electron chi connectivity index (χ4n) is 6.27. The van der Waals surface area contributed by atoms with E-state index in [-0.39, 0.29) is 36.0 Å². The number of pyridine rings is 1. The maximum Gasteiger partial charge on any atom is 0.307 e. The van der Waals surface area contributed by atoms with Crippen LogP contribution in [0.4, 0.5) is 8.78 Å². The molecule has 0 radical (unpaired) electrons. The molecule has 2 aromatic carbocycles. The van der Waals surface area contributed by atoms with E-state index in [1.54, 1.807) is 38.2 Å². The summed E-state index contributed by atoms with van der Waals surface area (Å²) in [7, 11) is 0. The fraction of sp³-hybridized carbons (Fsp3) is 0.400. The van der Waals surface area contributed by atoms with Crippen molar-refractivity contribution in [3.63, 3.8) is 0 Å². The number of nitrogens with zero attached hydrogens (tertiary/aromatic N) is 1. The molecule has 0 unspecified atom stereocenters. The third kappa shape index (κ3) is 4.51. The highest BCUT2D eigenvalue weighted by molar-refractivity contribution is 5.77. The van der Waals surface area contributed by atoms with Crippen LogP contribution in [0.2, 0.25) is 0 Å². The highest BCUT2D eigenvalue weighted by atomic mass is 19.1. The molecule has 1 heterocycles. The van der Waals surface area contributed by atoms with Crippen molar-refractivity contribution in [3.8, 4) is 22.8 Å². The van der Waals surface area contributed by atoms with Gasteiger partial charge in [0.1, 0.15) is 12.4 Å². The zero-order valence-electron chi connectivity index (χ0n) is 21.2. The van der Waals surface area contributed by atoms with Crippen LogP contribution in [0.25, 0.3) is 11.1 Å². The van der Waals surface area contributed by atoms with E-state index in [1.165, 1.54) is 12.1 Å². The van der Waals surface area contributed by atoms with Crippen LogP contribution in [-0.4, -0.2) is 33.4 Å². The number of aliphatic carboxylic acids is 1. The molecule has 2 N–H and O–H groups in total. The smallest absolute Gasteiger partial charge is 0.307 e. The molecule has 3 aromatic rings. The number of ether oxygens (including phenoxy) is 2. The number of fused-ring (bicyclic) bond motifs is 3. The molecule has 3 atom stereocenters. The van der Waals surface area contributed by atoms with Crippen molar-refractivity contribution in [2.24, 2.45) is 17.8 Å². The largest absolute Gasteiger partial charge is 0.490 e. The highest BCUT2D eigenvalue weighted by Gasteiger charge is 2.59. The van der Waals surface area contributed by atoms with Gasteiger partial charge in [-0.05, 0) is 97.0 Å². The second kappa shape index (κ2) is 9.05. The number of benzene rings is 2. The van der Waals surface area contributed by atoms with E-state index in [0.717, 1.165) is 11.1 Å². The lowest BCUT2D eigenvalue weighted by Crippen LogP contribution is -2.43. The Labute approximate surface area is 219 Å². The first-order chi connectivity index (χ1) is 18.1. The highest BCUT2D eigenvalue weighted by Crippen LogP contribution is 2.61. The molecule has 3 aliphatic rings. The molecule has 2 saturated carbocycles. The lowest BCUT2D eigenvalue weighted by Gasteiger charge is -2.40. The molecule has 38 heavy (non-hydrogen) atoms. The molecule has 8 heteroatoms. The van der Waals surface area contributed by atoms with Gasteiger partial charge in [0.25, 0.3) is 0 Å². The normalized spacial score (nSPS) is 26.8. The molecule has 0 spiro atoms. The quantitative estimate of drug-likeness (QED) is 0.411. The van der Waals surface area contributed by atoms with E-state index >= 15 is 0 Å². The van der Waals surface area contributed by atoms with Crippen LogP contribution in [0.5, 0.6) is 11.6 Å². The zero-order valence-corrected chi connectivity index (χ0v) is 21.2. The van der Waals surface area contributed by atoms with Crippen molar-refractivity contribution in [1.82, 2.24) is 4.98 Å². The Morgan fingerprint density at radius 2 is 1.92 bits per heavy atom. The molecular weight excluding hydrogens is 492 g/mol. The van der Waals surface area contributed by atoms with E-state index in [1.807, 2.05) is 6.07 Å². The summed E-state index contributed by atoms with van der Waals surface area (Å²) >= 11 is 0. The lowest BCUT2D eigenvalue weighted by atomic mass is 9.73. The third-order valence-corrected chi connectivity index (χ3v) is 8.21. The Balaban J connectivity index is 1.14. The second-order valence-corrected chi connectivity index (χ2v) is 11.3. The van der Waals surface area contributed by atoms with Crippen molar-refractivity contribution < 1.29 is 33.3 Å². The molecule has 2 fully saturated rings. The maximum absolute atomic E-state index is 14.8. The van der Waals surface area contributed by atoms with Gasteiger partial charge in [-0.15, -0.1) is 0 Å². The van der Waals surface area contributed by atoms with Crippen molar-refractivity contribution >= 4 is 5.97 Å². The summed E-state index contributed by atoms with van der Waals surface area (Å²) in [6.45, 7) is 3.85. The molecule has 1 aromatic heterocycles. The third-order valence-electron chi connectivity index (χ3n) is 8.21. The van der Waals surface area contributed by atoms with Crippen LogP contribution in [0.1, 0.15) is 47.9 Å². The number of aliphatic hydroxyl groups is 1.